The zero-order valence-corrected chi connectivity index (χ0v) is 18.5. The Morgan fingerprint density at radius 1 is 0.967 bits per heavy atom. The van der Waals surface area contributed by atoms with Crippen LogP contribution in [0.2, 0.25) is 0 Å². The average Bonchev–Trinajstić information content (AvgIpc) is 3.06. The monoisotopic (exact) mass is 416 g/mol. The van der Waals surface area contributed by atoms with E-state index in [4.69, 9.17) is 4.99 Å². The van der Waals surface area contributed by atoms with Gasteiger partial charge >= 0.3 is 0 Å². The fourth-order valence-electron chi connectivity index (χ4n) is 3.92. The maximum Gasteiger partial charge on any atom is 0.259 e. The van der Waals surface area contributed by atoms with Gasteiger partial charge in [-0.3, -0.25) is 4.79 Å². The molecule has 0 spiro atoms. The first-order valence-electron chi connectivity index (χ1n) is 10.7. The van der Waals surface area contributed by atoms with Gasteiger partial charge in [0.1, 0.15) is 5.00 Å². The quantitative estimate of drug-likeness (QED) is 0.456. The van der Waals surface area contributed by atoms with Crippen LogP contribution in [0.15, 0.2) is 53.5 Å². The van der Waals surface area contributed by atoms with E-state index in [9.17, 15) is 4.79 Å². The number of rotatable bonds is 4. The van der Waals surface area contributed by atoms with Crippen molar-refractivity contribution in [2.24, 2.45) is 4.99 Å². The Labute approximate surface area is 182 Å². The number of aryl methyl sites for hydroxylation is 3. The zero-order valence-electron chi connectivity index (χ0n) is 17.7. The lowest BCUT2D eigenvalue weighted by Gasteiger charge is -2.12. The predicted octanol–water partition coefficient (Wildman–Crippen LogP) is 7.03. The normalized spacial score (nSPS) is 14.2. The Morgan fingerprint density at radius 2 is 1.73 bits per heavy atom. The van der Waals surface area contributed by atoms with E-state index in [2.05, 4.69) is 25.2 Å². The molecule has 1 aliphatic carbocycles. The third kappa shape index (κ3) is 4.71. The van der Waals surface area contributed by atoms with Crippen LogP contribution in [0.4, 0.5) is 10.7 Å². The van der Waals surface area contributed by atoms with E-state index in [1.165, 1.54) is 40.8 Å². The molecule has 1 aliphatic rings. The van der Waals surface area contributed by atoms with Crippen molar-refractivity contribution < 1.29 is 4.79 Å². The summed E-state index contributed by atoms with van der Waals surface area (Å²) in [4.78, 5) is 19.5. The minimum absolute atomic E-state index is 0.0449. The van der Waals surface area contributed by atoms with Crippen LogP contribution >= 0.6 is 11.3 Å². The zero-order chi connectivity index (χ0) is 20.9. The lowest BCUT2D eigenvalue weighted by molar-refractivity contribution is 0.102. The van der Waals surface area contributed by atoms with Crippen molar-refractivity contribution in [2.75, 3.05) is 5.32 Å². The third-order valence-electron chi connectivity index (χ3n) is 5.78. The second kappa shape index (κ2) is 9.40. The molecule has 0 saturated carbocycles. The SMILES string of the molecule is Cc1ccc(NC(=O)c2c(N=Cc3ccccc3)sc3c2CCCCCC3)cc1C. The molecule has 0 saturated heterocycles. The van der Waals surface area contributed by atoms with Crippen molar-refractivity contribution in [2.45, 2.75) is 52.4 Å². The highest BCUT2D eigenvalue weighted by molar-refractivity contribution is 7.16. The number of nitrogens with one attached hydrogen (secondary N) is 1. The number of anilines is 1. The fourth-order valence-corrected chi connectivity index (χ4v) is 5.15. The van der Waals surface area contributed by atoms with Gasteiger partial charge in [0.2, 0.25) is 0 Å². The van der Waals surface area contributed by atoms with Gasteiger partial charge in [-0.15, -0.1) is 11.3 Å². The number of aliphatic imine (C=N–C) groups is 1. The maximum absolute atomic E-state index is 13.4. The topological polar surface area (TPSA) is 41.5 Å². The Bertz CT molecular complexity index is 1070. The summed E-state index contributed by atoms with van der Waals surface area (Å²) < 4.78 is 0. The summed E-state index contributed by atoms with van der Waals surface area (Å²) in [7, 11) is 0. The molecular formula is C26H28N2OS. The van der Waals surface area contributed by atoms with Gasteiger partial charge in [-0.05, 0) is 73.9 Å². The number of nitrogens with zero attached hydrogens (tertiary/aromatic N) is 1. The minimum atomic E-state index is -0.0449. The number of carbonyl (C=O) groups excluding carboxylic acids is 1. The third-order valence-corrected chi connectivity index (χ3v) is 6.97. The average molecular weight is 417 g/mol. The lowest BCUT2D eigenvalue weighted by atomic mass is 9.96. The van der Waals surface area contributed by atoms with Crippen molar-refractivity contribution in [1.82, 2.24) is 0 Å². The van der Waals surface area contributed by atoms with E-state index >= 15 is 0 Å². The summed E-state index contributed by atoms with van der Waals surface area (Å²) in [6, 6.07) is 16.1. The van der Waals surface area contributed by atoms with Crippen molar-refractivity contribution in [3.63, 3.8) is 0 Å². The van der Waals surface area contributed by atoms with Gasteiger partial charge in [0.15, 0.2) is 0 Å². The van der Waals surface area contributed by atoms with Crippen LogP contribution < -0.4 is 5.32 Å². The van der Waals surface area contributed by atoms with Gasteiger partial charge in [0.25, 0.3) is 5.91 Å². The Hall–Kier alpha value is -2.72. The summed E-state index contributed by atoms with van der Waals surface area (Å²) in [5.74, 6) is -0.0449. The molecule has 1 heterocycles. The van der Waals surface area contributed by atoms with Crippen LogP contribution in [-0.2, 0) is 12.8 Å². The summed E-state index contributed by atoms with van der Waals surface area (Å²) in [6.07, 6.45) is 8.70. The summed E-state index contributed by atoms with van der Waals surface area (Å²) >= 11 is 1.69. The molecule has 0 aliphatic heterocycles. The largest absolute Gasteiger partial charge is 0.322 e. The molecule has 4 heteroatoms. The molecule has 1 N–H and O–H groups in total. The smallest absolute Gasteiger partial charge is 0.259 e. The molecule has 154 valence electrons. The molecule has 0 bridgehead atoms. The Balaban J connectivity index is 1.70. The van der Waals surface area contributed by atoms with E-state index in [1.807, 2.05) is 48.7 Å². The van der Waals surface area contributed by atoms with Crippen LogP contribution in [0.5, 0.6) is 0 Å². The summed E-state index contributed by atoms with van der Waals surface area (Å²) in [6.45, 7) is 4.15. The second-order valence-electron chi connectivity index (χ2n) is 8.02. The van der Waals surface area contributed by atoms with Gasteiger partial charge in [0.05, 0.1) is 5.56 Å². The Morgan fingerprint density at radius 3 is 2.50 bits per heavy atom. The Kier molecular flexibility index (Phi) is 6.44. The first-order valence-corrected chi connectivity index (χ1v) is 11.6. The number of hydrogen-bond donors (Lipinski definition) is 1. The molecule has 2 aromatic carbocycles. The number of hydrogen-bond acceptors (Lipinski definition) is 3. The van der Waals surface area contributed by atoms with Crippen LogP contribution in [0.1, 0.15) is 63.2 Å². The number of carbonyl (C=O) groups is 1. The number of fused-ring (bicyclic) bond motifs is 1. The predicted molar refractivity (Wildman–Crippen MR) is 128 cm³/mol. The fraction of sp³-hybridized carbons (Fsp3) is 0.308. The molecule has 0 fully saturated rings. The van der Waals surface area contributed by atoms with Gasteiger partial charge in [0, 0.05) is 16.8 Å². The highest BCUT2D eigenvalue weighted by Crippen LogP contribution is 2.39. The number of benzene rings is 2. The van der Waals surface area contributed by atoms with E-state index in [0.29, 0.717) is 0 Å². The second-order valence-corrected chi connectivity index (χ2v) is 9.10. The van der Waals surface area contributed by atoms with Gasteiger partial charge < -0.3 is 5.32 Å². The number of amides is 1. The molecule has 3 aromatic rings. The van der Waals surface area contributed by atoms with Crippen molar-refractivity contribution in [1.29, 1.82) is 0 Å². The maximum atomic E-state index is 13.4. The van der Waals surface area contributed by atoms with E-state index in [0.717, 1.165) is 41.1 Å². The molecule has 30 heavy (non-hydrogen) atoms. The van der Waals surface area contributed by atoms with Crippen molar-refractivity contribution >= 4 is 34.1 Å². The molecule has 0 atom stereocenters. The molecule has 0 radical (unpaired) electrons. The number of thiophene rings is 1. The van der Waals surface area contributed by atoms with Gasteiger partial charge in [-0.25, -0.2) is 4.99 Å². The first kappa shape index (κ1) is 20.5. The molecular weight excluding hydrogens is 388 g/mol. The molecule has 0 unspecified atom stereocenters. The summed E-state index contributed by atoms with van der Waals surface area (Å²) in [5.41, 5.74) is 6.26. The first-order chi connectivity index (χ1) is 14.6. The van der Waals surface area contributed by atoms with E-state index in [1.54, 1.807) is 11.3 Å². The van der Waals surface area contributed by atoms with Gasteiger partial charge in [-0.1, -0.05) is 49.2 Å². The van der Waals surface area contributed by atoms with Gasteiger partial charge in [-0.2, -0.15) is 0 Å². The molecule has 1 aromatic heterocycles. The highest BCUT2D eigenvalue weighted by Gasteiger charge is 2.24. The molecule has 1 amide bonds. The van der Waals surface area contributed by atoms with Crippen LogP contribution in [-0.4, -0.2) is 12.1 Å². The standard InChI is InChI=1S/C26H28N2OS/c1-18-14-15-21(16-19(18)2)28-25(29)24-22-12-8-3-4-9-13-23(22)30-26(24)27-17-20-10-6-5-7-11-20/h5-7,10-11,14-17H,3-4,8-9,12-13H2,1-2H3,(H,28,29). The van der Waals surface area contributed by atoms with Crippen molar-refractivity contribution in [3.8, 4) is 0 Å². The van der Waals surface area contributed by atoms with E-state index in [-0.39, 0.29) is 5.91 Å². The van der Waals surface area contributed by atoms with Crippen molar-refractivity contribution in [3.05, 3.63) is 81.2 Å². The van der Waals surface area contributed by atoms with Crippen LogP contribution in [0, 0.1) is 13.8 Å². The molecule has 4 rings (SSSR count). The highest BCUT2D eigenvalue weighted by atomic mass is 32.1. The minimum Gasteiger partial charge on any atom is -0.322 e. The molecule has 3 nitrogen and oxygen atoms in total. The lowest BCUT2D eigenvalue weighted by Crippen LogP contribution is -2.14. The van der Waals surface area contributed by atoms with E-state index < -0.39 is 0 Å². The van der Waals surface area contributed by atoms with Crippen LogP contribution in [0.25, 0.3) is 0 Å². The summed E-state index contributed by atoms with van der Waals surface area (Å²) in [5, 5.41) is 3.96. The van der Waals surface area contributed by atoms with Crippen LogP contribution in [0.3, 0.4) is 0 Å².